The van der Waals surface area contributed by atoms with Crippen LogP contribution in [-0.2, 0) is 4.79 Å². The van der Waals surface area contributed by atoms with Gasteiger partial charge in [-0.3, -0.25) is 14.5 Å². The van der Waals surface area contributed by atoms with Gasteiger partial charge in [0.15, 0.2) is 5.82 Å². The number of aromatic nitrogens is 1. The van der Waals surface area contributed by atoms with Crippen LogP contribution in [-0.4, -0.2) is 37.6 Å². The quantitative estimate of drug-likeness (QED) is 0.933. The van der Waals surface area contributed by atoms with Gasteiger partial charge in [-0.25, -0.2) is 0 Å². The molecule has 2 aromatic rings. The molecule has 1 N–H and O–H groups in total. The summed E-state index contributed by atoms with van der Waals surface area (Å²) >= 11 is 0. The van der Waals surface area contributed by atoms with Crippen LogP contribution in [0.5, 0.6) is 11.6 Å². The lowest BCUT2D eigenvalue weighted by Crippen LogP contribution is -2.42. The van der Waals surface area contributed by atoms with E-state index >= 15 is 0 Å². The molecule has 0 radical (unpaired) electrons. The summed E-state index contributed by atoms with van der Waals surface area (Å²) in [6, 6.07) is 9.96. The molecule has 1 aromatic carbocycles. The fourth-order valence-corrected chi connectivity index (χ4v) is 2.31. The van der Waals surface area contributed by atoms with Crippen LogP contribution in [0.4, 0.5) is 11.5 Å². The zero-order valence-corrected chi connectivity index (χ0v) is 12.7. The molecule has 0 unspecified atom stereocenters. The second kappa shape index (κ2) is 5.96. The molecule has 1 aliphatic heterocycles. The highest BCUT2D eigenvalue weighted by Crippen LogP contribution is 2.30. The summed E-state index contributed by atoms with van der Waals surface area (Å²) in [6.07, 6.45) is 0. The van der Waals surface area contributed by atoms with Crippen molar-refractivity contribution in [2.24, 2.45) is 0 Å². The number of fused-ring (bicyclic) bond motifs is 1. The number of hydrogen-bond acceptors (Lipinski definition) is 5. The van der Waals surface area contributed by atoms with Crippen LogP contribution in [0.25, 0.3) is 0 Å². The van der Waals surface area contributed by atoms with E-state index in [4.69, 9.17) is 9.47 Å². The number of nitrogens with zero attached hydrogens (tertiary/aromatic N) is 2. The van der Waals surface area contributed by atoms with Gasteiger partial charge in [-0.1, -0.05) is 0 Å². The van der Waals surface area contributed by atoms with Crippen LogP contribution < -0.4 is 19.7 Å². The van der Waals surface area contributed by atoms with Gasteiger partial charge in [-0.2, -0.15) is 4.98 Å². The molecule has 0 bridgehead atoms. The number of hydrogen-bond donors (Lipinski definition) is 1. The summed E-state index contributed by atoms with van der Waals surface area (Å²) in [7, 11) is 3.05. The molecule has 1 aromatic heterocycles. The van der Waals surface area contributed by atoms with Crippen molar-refractivity contribution in [2.75, 3.05) is 31.0 Å². The number of anilines is 2. The van der Waals surface area contributed by atoms with E-state index in [0.717, 1.165) is 0 Å². The minimum atomic E-state index is -0.315. The summed E-state index contributed by atoms with van der Waals surface area (Å²) in [4.78, 5) is 30.2. The third kappa shape index (κ3) is 2.80. The molecule has 0 aliphatic carbocycles. The van der Waals surface area contributed by atoms with Gasteiger partial charge in [-0.05, 0) is 30.3 Å². The molecule has 0 spiro atoms. The van der Waals surface area contributed by atoms with E-state index in [0.29, 0.717) is 28.7 Å². The number of benzene rings is 1. The van der Waals surface area contributed by atoms with E-state index in [1.807, 2.05) is 0 Å². The summed E-state index contributed by atoms with van der Waals surface area (Å²) in [5, 5.41) is 2.69. The second-order valence-corrected chi connectivity index (χ2v) is 4.89. The van der Waals surface area contributed by atoms with Crippen LogP contribution in [0.3, 0.4) is 0 Å². The minimum Gasteiger partial charge on any atom is -0.497 e. The average Bonchev–Trinajstić information content (AvgIpc) is 2.60. The summed E-state index contributed by atoms with van der Waals surface area (Å²) in [5.74, 6) is 0.797. The molecule has 23 heavy (non-hydrogen) atoms. The smallest absolute Gasteiger partial charge is 0.259 e. The zero-order valence-electron chi connectivity index (χ0n) is 12.7. The van der Waals surface area contributed by atoms with E-state index in [9.17, 15) is 9.59 Å². The predicted molar refractivity (Wildman–Crippen MR) is 84.1 cm³/mol. The van der Waals surface area contributed by atoms with E-state index in [1.54, 1.807) is 43.5 Å². The van der Waals surface area contributed by atoms with Crippen molar-refractivity contribution < 1.29 is 19.1 Å². The molecule has 118 valence electrons. The van der Waals surface area contributed by atoms with Gasteiger partial charge in [0.05, 0.1) is 19.9 Å². The lowest BCUT2D eigenvalue weighted by Gasteiger charge is -2.28. The van der Waals surface area contributed by atoms with Gasteiger partial charge in [-0.15, -0.1) is 0 Å². The van der Waals surface area contributed by atoms with E-state index in [-0.39, 0.29) is 18.4 Å². The van der Waals surface area contributed by atoms with Crippen molar-refractivity contribution in [3.05, 3.63) is 42.0 Å². The zero-order chi connectivity index (χ0) is 16.4. The summed E-state index contributed by atoms with van der Waals surface area (Å²) in [5.41, 5.74) is 0.917. The standard InChI is InChI=1S/C16H15N3O4/c1-22-11-5-3-10(4-6-11)16(21)19-9-13(20)17-12-7-8-14(23-2)18-15(12)19/h3-8H,9H2,1-2H3,(H,17,20). The molecular formula is C16H15N3O4. The first-order chi connectivity index (χ1) is 11.1. The van der Waals surface area contributed by atoms with Crippen LogP contribution in [0.15, 0.2) is 36.4 Å². The normalized spacial score (nSPS) is 13.1. The molecule has 0 fully saturated rings. The molecule has 3 rings (SSSR count). The molecule has 0 saturated heterocycles. The van der Waals surface area contributed by atoms with Gasteiger partial charge in [0, 0.05) is 11.6 Å². The summed E-state index contributed by atoms with van der Waals surface area (Å²) < 4.78 is 10.2. The number of amides is 2. The number of carbonyl (C=O) groups excluding carboxylic acids is 2. The van der Waals surface area contributed by atoms with Crippen molar-refractivity contribution in [2.45, 2.75) is 0 Å². The Bertz CT molecular complexity index is 758. The van der Waals surface area contributed by atoms with E-state index in [2.05, 4.69) is 10.3 Å². The lowest BCUT2D eigenvalue weighted by molar-refractivity contribution is -0.115. The highest BCUT2D eigenvalue weighted by molar-refractivity contribution is 6.14. The monoisotopic (exact) mass is 313 g/mol. The Morgan fingerprint density at radius 1 is 1.13 bits per heavy atom. The highest BCUT2D eigenvalue weighted by atomic mass is 16.5. The first-order valence-electron chi connectivity index (χ1n) is 6.93. The van der Waals surface area contributed by atoms with Gasteiger partial charge in [0.2, 0.25) is 11.8 Å². The number of nitrogens with one attached hydrogen (secondary N) is 1. The van der Waals surface area contributed by atoms with E-state index < -0.39 is 0 Å². The van der Waals surface area contributed by atoms with Gasteiger partial charge in [0.1, 0.15) is 12.3 Å². The fraction of sp³-hybridized carbons (Fsp3) is 0.188. The van der Waals surface area contributed by atoms with Crippen LogP contribution in [0.1, 0.15) is 10.4 Å². The first-order valence-corrected chi connectivity index (χ1v) is 6.93. The maximum absolute atomic E-state index is 12.7. The molecular weight excluding hydrogens is 298 g/mol. The molecule has 7 heteroatoms. The Balaban J connectivity index is 1.98. The second-order valence-electron chi connectivity index (χ2n) is 4.89. The first kappa shape index (κ1) is 14.8. The topological polar surface area (TPSA) is 80.8 Å². The number of carbonyl (C=O) groups is 2. The maximum atomic E-state index is 12.7. The predicted octanol–water partition coefficient (Wildman–Crippen LogP) is 1.70. The average molecular weight is 313 g/mol. The van der Waals surface area contributed by atoms with Crippen molar-refractivity contribution in [3.63, 3.8) is 0 Å². The van der Waals surface area contributed by atoms with Crippen molar-refractivity contribution >= 4 is 23.3 Å². The molecule has 0 atom stereocenters. The minimum absolute atomic E-state index is 0.0992. The third-order valence-corrected chi connectivity index (χ3v) is 3.47. The Morgan fingerprint density at radius 3 is 2.52 bits per heavy atom. The summed E-state index contributed by atoms with van der Waals surface area (Å²) in [6.45, 7) is -0.0992. The molecule has 7 nitrogen and oxygen atoms in total. The Morgan fingerprint density at radius 2 is 1.87 bits per heavy atom. The molecule has 0 saturated carbocycles. The van der Waals surface area contributed by atoms with Gasteiger partial charge >= 0.3 is 0 Å². The fourth-order valence-electron chi connectivity index (χ4n) is 2.31. The molecule has 2 amide bonds. The number of ether oxygens (including phenoxy) is 2. The Kier molecular flexibility index (Phi) is 3.84. The number of pyridine rings is 1. The van der Waals surface area contributed by atoms with Gasteiger partial charge < -0.3 is 14.8 Å². The van der Waals surface area contributed by atoms with E-state index in [1.165, 1.54) is 12.0 Å². The number of rotatable bonds is 3. The SMILES string of the molecule is COc1ccc(C(=O)N2CC(=O)Nc3ccc(OC)nc32)cc1. The molecule has 1 aliphatic rings. The van der Waals surface area contributed by atoms with Crippen LogP contribution >= 0.6 is 0 Å². The Labute approximate surface area is 132 Å². The maximum Gasteiger partial charge on any atom is 0.259 e. The van der Waals surface area contributed by atoms with Crippen molar-refractivity contribution in [1.29, 1.82) is 0 Å². The van der Waals surface area contributed by atoms with Gasteiger partial charge in [0.25, 0.3) is 5.91 Å². The largest absolute Gasteiger partial charge is 0.497 e. The van der Waals surface area contributed by atoms with Crippen LogP contribution in [0.2, 0.25) is 0 Å². The van der Waals surface area contributed by atoms with Crippen molar-refractivity contribution in [1.82, 2.24) is 4.98 Å². The Hall–Kier alpha value is -3.09. The lowest BCUT2D eigenvalue weighted by atomic mass is 10.1. The highest BCUT2D eigenvalue weighted by Gasteiger charge is 2.29. The third-order valence-electron chi connectivity index (χ3n) is 3.47. The van der Waals surface area contributed by atoms with Crippen molar-refractivity contribution in [3.8, 4) is 11.6 Å². The van der Waals surface area contributed by atoms with Crippen LogP contribution in [0, 0.1) is 0 Å². The number of methoxy groups -OCH3 is 2. The molecule has 2 heterocycles.